The lowest BCUT2D eigenvalue weighted by Crippen LogP contribution is -2.20. The molecule has 0 atom stereocenters. The van der Waals surface area contributed by atoms with Gasteiger partial charge >= 0.3 is 0 Å². The third-order valence-corrected chi connectivity index (χ3v) is 3.74. The normalized spacial score (nSPS) is 14.2. The molecule has 0 bridgehead atoms. The van der Waals surface area contributed by atoms with Gasteiger partial charge in [0.15, 0.2) is 5.65 Å². The summed E-state index contributed by atoms with van der Waals surface area (Å²) in [5, 5.41) is 3.84. The minimum absolute atomic E-state index is 0.245. The van der Waals surface area contributed by atoms with E-state index >= 15 is 0 Å². The van der Waals surface area contributed by atoms with Gasteiger partial charge in [-0.2, -0.15) is 4.98 Å². The Morgan fingerprint density at radius 2 is 1.91 bits per heavy atom. The third kappa shape index (κ3) is 2.42. The van der Waals surface area contributed by atoms with Crippen LogP contribution in [0, 0.1) is 0 Å². The van der Waals surface area contributed by atoms with E-state index in [1.165, 1.54) is 10.8 Å². The second-order valence-corrected chi connectivity index (χ2v) is 5.67. The van der Waals surface area contributed by atoms with Gasteiger partial charge in [0.25, 0.3) is 5.56 Å². The van der Waals surface area contributed by atoms with Crippen molar-refractivity contribution in [2.45, 2.75) is 18.9 Å². The Balaban J connectivity index is 1.92. The van der Waals surface area contributed by atoms with Crippen molar-refractivity contribution in [1.82, 2.24) is 19.5 Å². The average molecular weight is 314 g/mol. The number of anilines is 1. The topological polar surface area (TPSA) is 72.7 Å². The number of halogens is 1. The van der Waals surface area contributed by atoms with Crippen molar-refractivity contribution in [2.24, 2.45) is 0 Å². The van der Waals surface area contributed by atoms with Crippen molar-refractivity contribution in [3.63, 3.8) is 0 Å². The molecule has 2 heterocycles. The first-order chi connectivity index (χ1) is 10.7. The zero-order valence-corrected chi connectivity index (χ0v) is 12.3. The van der Waals surface area contributed by atoms with E-state index in [0.717, 1.165) is 12.8 Å². The van der Waals surface area contributed by atoms with Gasteiger partial charge in [-0.05, 0) is 37.1 Å². The molecule has 0 radical (unpaired) electrons. The van der Waals surface area contributed by atoms with E-state index in [1.54, 1.807) is 30.5 Å². The van der Waals surface area contributed by atoms with Crippen molar-refractivity contribution in [1.29, 1.82) is 0 Å². The number of nitrogens with zero attached hydrogens (tertiary/aromatic N) is 4. The Morgan fingerprint density at radius 1 is 1.14 bits per heavy atom. The lowest BCUT2D eigenvalue weighted by atomic mass is 10.3. The number of hydrogen-bond acceptors (Lipinski definition) is 5. The third-order valence-electron chi connectivity index (χ3n) is 3.49. The van der Waals surface area contributed by atoms with Crippen molar-refractivity contribution in [2.75, 3.05) is 5.32 Å². The molecule has 1 N–H and O–H groups in total. The molecule has 1 saturated carbocycles. The van der Waals surface area contributed by atoms with Crippen LogP contribution in [0.2, 0.25) is 5.02 Å². The fourth-order valence-electron chi connectivity index (χ4n) is 2.23. The predicted molar refractivity (Wildman–Crippen MR) is 84.6 cm³/mol. The lowest BCUT2D eigenvalue weighted by molar-refractivity contribution is 0.969. The molecular formula is C15H12ClN5O. The van der Waals surface area contributed by atoms with E-state index in [0.29, 0.717) is 33.9 Å². The predicted octanol–water partition coefficient (Wildman–Crippen LogP) is 2.40. The van der Waals surface area contributed by atoms with Gasteiger partial charge < -0.3 is 5.32 Å². The van der Waals surface area contributed by atoms with Crippen LogP contribution in [0.25, 0.3) is 16.9 Å². The molecule has 2 aromatic heterocycles. The smallest absolute Gasteiger partial charge is 0.275 e. The summed E-state index contributed by atoms with van der Waals surface area (Å²) in [6.45, 7) is 0. The quantitative estimate of drug-likeness (QED) is 0.804. The lowest BCUT2D eigenvalue weighted by Gasteiger charge is -2.10. The average Bonchev–Trinajstić information content (AvgIpc) is 3.32. The molecule has 6 nitrogen and oxygen atoms in total. The molecule has 0 spiro atoms. The molecule has 0 amide bonds. The van der Waals surface area contributed by atoms with E-state index in [1.807, 2.05) is 0 Å². The van der Waals surface area contributed by atoms with Gasteiger partial charge in [0.05, 0.1) is 18.1 Å². The standard InChI is InChI=1S/C15H12ClN5O/c16-9-1-5-11(6-2-9)21-13(22)8-17-12-7-18-15(20-14(12)21)19-10-3-4-10/h1-2,5-8,10H,3-4H2,(H,18,19,20). The van der Waals surface area contributed by atoms with Crippen LogP contribution in [0.5, 0.6) is 0 Å². The molecule has 0 aliphatic heterocycles. The van der Waals surface area contributed by atoms with E-state index in [2.05, 4.69) is 20.3 Å². The van der Waals surface area contributed by atoms with Crippen LogP contribution >= 0.6 is 11.6 Å². The van der Waals surface area contributed by atoms with Crippen LogP contribution in [0.1, 0.15) is 12.8 Å². The summed E-state index contributed by atoms with van der Waals surface area (Å²) in [4.78, 5) is 25.1. The van der Waals surface area contributed by atoms with Gasteiger partial charge in [-0.15, -0.1) is 0 Å². The number of aromatic nitrogens is 4. The summed E-state index contributed by atoms with van der Waals surface area (Å²) in [5.74, 6) is 0.519. The maximum absolute atomic E-state index is 12.3. The summed E-state index contributed by atoms with van der Waals surface area (Å²) in [5.41, 5.74) is 1.49. The van der Waals surface area contributed by atoms with Gasteiger partial charge in [-0.1, -0.05) is 11.6 Å². The maximum Gasteiger partial charge on any atom is 0.275 e. The summed E-state index contributed by atoms with van der Waals surface area (Å²) in [6, 6.07) is 7.46. The van der Waals surface area contributed by atoms with Gasteiger partial charge in [0.2, 0.25) is 5.95 Å². The van der Waals surface area contributed by atoms with Crippen LogP contribution in [0.4, 0.5) is 5.95 Å². The molecule has 110 valence electrons. The van der Waals surface area contributed by atoms with Gasteiger partial charge in [0, 0.05) is 11.1 Å². The van der Waals surface area contributed by atoms with E-state index in [9.17, 15) is 4.79 Å². The summed E-state index contributed by atoms with van der Waals surface area (Å²) in [7, 11) is 0. The summed E-state index contributed by atoms with van der Waals surface area (Å²) < 4.78 is 1.51. The molecule has 22 heavy (non-hydrogen) atoms. The second kappa shape index (κ2) is 5.06. The zero-order valence-electron chi connectivity index (χ0n) is 11.5. The number of benzene rings is 1. The molecule has 1 aromatic carbocycles. The Labute approximate surface area is 130 Å². The summed E-state index contributed by atoms with van der Waals surface area (Å²) >= 11 is 5.91. The van der Waals surface area contributed by atoms with Crippen molar-refractivity contribution >= 4 is 28.7 Å². The molecule has 4 rings (SSSR count). The van der Waals surface area contributed by atoms with Crippen molar-refractivity contribution in [3.8, 4) is 5.69 Å². The summed E-state index contributed by atoms with van der Waals surface area (Å²) in [6.07, 6.45) is 5.14. The van der Waals surface area contributed by atoms with Crippen molar-refractivity contribution in [3.05, 3.63) is 52.0 Å². The van der Waals surface area contributed by atoms with E-state index in [-0.39, 0.29) is 5.56 Å². The number of hydrogen-bond donors (Lipinski definition) is 1. The monoisotopic (exact) mass is 313 g/mol. The minimum atomic E-state index is -0.245. The first-order valence-corrected chi connectivity index (χ1v) is 7.36. The van der Waals surface area contributed by atoms with Crippen LogP contribution in [0.15, 0.2) is 41.5 Å². The number of fused-ring (bicyclic) bond motifs is 1. The van der Waals surface area contributed by atoms with Crippen LogP contribution < -0.4 is 10.9 Å². The minimum Gasteiger partial charge on any atom is -0.351 e. The zero-order chi connectivity index (χ0) is 15.1. The highest BCUT2D eigenvalue weighted by Crippen LogP contribution is 2.23. The number of rotatable bonds is 3. The Kier molecular flexibility index (Phi) is 3.04. The Morgan fingerprint density at radius 3 is 2.64 bits per heavy atom. The molecule has 0 unspecified atom stereocenters. The van der Waals surface area contributed by atoms with Crippen LogP contribution in [-0.4, -0.2) is 25.6 Å². The fraction of sp³-hybridized carbons (Fsp3) is 0.200. The molecule has 0 saturated heterocycles. The maximum atomic E-state index is 12.3. The molecule has 7 heteroatoms. The molecule has 1 fully saturated rings. The first-order valence-electron chi connectivity index (χ1n) is 6.98. The molecule has 1 aliphatic rings. The van der Waals surface area contributed by atoms with Crippen LogP contribution in [0.3, 0.4) is 0 Å². The second-order valence-electron chi connectivity index (χ2n) is 5.23. The molecular weight excluding hydrogens is 302 g/mol. The fourth-order valence-corrected chi connectivity index (χ4v) is 2.35. The largest absolute Gasteiger partial charge is 0.351 e. The Bertz CT molecular complexity index is 902. The highest BCUT2D eigenvalue weighted by atomic mass is 35.5. The molecule has 1 aliphatic carbocycles. The van der Waals surface area contributed by atoms with Crippen molar-refractivity contribution < 1.29 is 0 Å². The van der Waals surface area contributed by atoms with Gasteiger partial charge in [0.1, 0.15) is 5.52 Å². The first kappa shape index (κ1) is 13.2. The van der Waals surface area contributed by atoms with E-state index in [4.69, 9.17) is 11.6 Å². The van der Waals surface area contributed by atoms with E-state index < -0.39 is 0 Å². The SMILES string of the molecule is O=c1cnc2cnc(NC3CC3)nc2n1-c1ccc(Cl)cc1. The highest BCUT2D eigenvalue weighted by molar-refractivity contribution is 6.30. The van der Waals surface area contributed by atoms with Gasteiger partial charge in [-0.25, -0.2) is 9.97 Å². The molecule has 3 aromatic rings. The highest BCUT2D eigenvalue weighted by Gasteiger charge is 2.22. The van der Waals surface area contributed by atoms with Gasteiger partial charge in [-0.3, -0.25) is 9.36 Å². The number of nitrogens with one attached hydrogen (secondary N) is 1. The Hall–Kier alpha value is -2.47. The van der Waals surface area contributed by atoms with Crippen LogP contribution in [-0.2, 0) is 0 Å².